The fourth-order valence-corrected chi connectivity index (χ4v) is 6.77. The summed E-state index contributed by atoms with van der Waals surface area (Å²) < 4.78 is 38.8. The quantitative estimate of drug-likeness (QED) is 0.405. The molecule has 4 bridgehead atoms. The highest BCUT2D eigenvalue weighted by atomic mass is 35.5. The molecule has 4 heterocycles. The second-order valence-corrected chi connectivity index (χ2v) is 11.3. The van der Waals surface area contributed by atoms with Gasteiger partial charge in [-0.05, 0) is 69.9 Å². The van der Waals surface area contributed by atoms with Crippen molar-refractivity contribution in [2.24, 2.45) is 0 Å². The largest absolute Gasteiger partial charge is 0.396 e. The average Bonchev–Trinajstić information content (AvgIpc) is 3.39. The van der Waals surface area contributed by atoms with E-state index in [0.717, 1.165) is 38.6 Å². The zero-order valence-corrected chi connectivity index (χ0v) is 23.5. The van der Waals surface area contributed by atoms with Crippen molar-refractivity contribution in [3.63, 3.8) is 0 Å². The number of benzene rings is 2. The Labute approximate surface area is 237 Å². The lowest BCUT2D eigenvalue weighted by atomic mass is 9.99. The number of rotatable bonds is 9. The fourth-order valence-electron chi connectivity index (χ4n) is 6.77. The summed E-state index contributed by atoms with van der Waals surface area (Å²) in [6.45, 7) is 2.03. The third-order valence-electron chi connectivity index (χ3n) is 8.71. The van der Waals surface area contributed by atoms with Gasteiger partial charge in [0.25, 0.3) is 0 Å². The number of fused-ring (bicyclic) bond motifs is 4. The van der Waals surface area contributed by atoms with Gasteiger partial charge in [-0.2, -0.15) is 0 Å². The molecule has 2 aromatic rings. The monoisotopic (exact) mass is 564 g/mol. The summed E-state index contributed by atoms with van der Waals surface area (Å²) in [4.78, 5) is 2.54. The van der Waals surface area contributed by atoms with E-state index in [1.165, 1.54) is 37.8 Å². The van der Waals surface area contributed by atoms with Gasteiger partial charge in [0.15, 0.2) is 0 Å². The molecule has 0 spiro atoms. The Hall–Kier alpha value is -1.61. The van der Waals surface area contributed by atoms with Crippen molar-refractivity contribution in [2.75, 3.05) is 13.2 Å². The molecule has 8 heteroatoms. The predicted molar refractivity (Wildman–Crippen MR) is 151 cm³/mol. The first-order valence-electron chi connectivity index (χ1n) is 14.4. The number of ether oxygens (including phenoxy) is 2. The van der Waals surface area contributed by atoms with Crippen LogP contribution in [-0.2, 0) is 22.7 Å². The van der Waals surface area contributed by atoms with Crippen molar-refractivity contribution in [3.8, 4) is 0 Å². The molecule has 4 unspecified atom stereocenters. The molecule has 4 aliphatic heterocycles. The number of halogens is 3. The lowest BCUT2D eigenvalue weighted by Crippen LogP contribution is -2.45. The van der Waals surface area contributed by atoms with E-state index < -0.39 is 0 Å². The third-order valence-corrected chi connectivity index (χ3v) is 8.71. The van der Waals surface area contributed by atoms with E-state index in [-0.39, 0.29) is 36.8 Å². The Bertz CT molecular complexity index is 1000. The zero-order chi connectivity index (χ0) is 26.3. The lowest BCUT2D eigenvalue weighted by molar-refractivity contribution is -0.0298. The summed E-state index contributed by atoms with van der Waals surface area (Å²) in [5, 5.41) is 12.6. The molecule has 4 saturated heterocycles. The third kappa shape index (κ3) is 8.21. The summed E-state index contributed by atoms with van der Waals surface area (Å²) in [5.41, 5.74) is 1.31. The molecule has 4 aliphatic rings. The summed E-state index contributed by atoms with van der Waals surface area (Å²) in [6, 6.07) is 16.1. The van der Waals surface area contributed by atoms with Gasteiger partial charge in [-0.1, -0.05) is 36.4 Å². The highest BCUT2D eigenvalue weighted by Crippen LogP contribution is 2.37. The summed E-state index contributed by atoms with van der Waals surface area (Å²) >= 11 is 0. The number of nitrogens with one attached hydrogen (secondary N) is 1. The molecule has 6 rings (SSSR count). The zero-order valence-electron chi connectivity index (χ0n) is 22.7. The van der Waals surface area contributed by atoms with Gasteiger partial charge < -0.3 is 19.9 Å². The Morgan fingerprint density at radius 1 is 0.744 bits per heavy atom. The molecule has 0 aromatic heterocycles. The second-order valence-electron chi connectivity index (χ2n) is 11.3. The van der Waals surface area contributed by atoms with Crippen LogP contribution in [0.1, 0.15) is 68.9 Å². The van der Waals surface area contributed by atoms with Crippen molar-refractivity contribution >= 4 is 12.4 Å². The van der Waals surface area contributed by atoms with Crippen LogP contribution in [-0.4, -0.2) is 59.5 Å². The Morgan fingerprint density at radius 3 is 1.72 bits per heavy atom. The summed E-state index contributed by atoms with van der Waals surface area (Å²) in [7, 11) is 0. The van der Waals surface area contributed by atoms with Crippen molar-refractivity contribution in [3.05, 3.63) is 71.3 Å². The first-order chi connectivity index (χ1) is 18.6. The molecular weight excluding hydrogens is 522 g/mol. The van der Waals surface area contributed by atoms with Gasteiger partial charge in [-0.25, -0.2) is 8.78 Å². The van der Waals surface area contributed by atoms with Crippen LogP contribution < -0.4 is 5.32 Å². The molecule has 0 radical (unpaired) electrons. The molecule has 0 aliphatic carbocycles. The maximum absolute atomic E-state index is 13.6. The number of hydrogen-bond acceptors (Lipinski definition) is 5. The minimum Gasteiger partial charge on any atom is -0.396 e. The van der Waals surface area contributed by atoms with Crippen LogP contribution in [0, 0.1) is 11.6 Å². The van der Waals surface area contributed by atoms with Crippen LogP contribution in [0.2, 0.25) is 0 Å². The number of nitrogens with zero attached hydrogens (tertiary/aromatic N) is 1. The van der Waals surface area contributed by atoms with Crippen molar-refractivity contribution < 1.29 is 23.4 Å². The Kier molecular flexibility index (Phi) is 11.6. The highest BCUT2D eigenvalue weighted by molar-refractivity contribution is 5.85. The van der Waals surface area contributed by atoms with Crippen molar-refractivity contribution in [2.45, 2.75) is 107 Å². The van der Waals surface area contributed by atoms with Crippen LogP contribution in [0.4, 0.5) is 8.78 Å². The molecule has 5 nitrogen and oxygen atoms in total. The van der Waals surface area contributed by atoms with Crippen LogP contribution in [0.15, 0.2) is 48.5 Å². The van der Waals surface area contributed by atoms with Crippen molar-refractivity contribution in [1.29, 1.82) is 0 Å². The predicted octanol–water partition coefficient (Wildman–Crippen LogP) is 5.77. The number of hydrogen-bond donors (Lipinski definition) is 2. The van der Waals surface area contributed by atoms with Gasteiger partial charge in [0, 0.05) is 48.4 Å². The van der Waals surface area contributed by atoms with E-state index in [0.29, 0.717) is 54.6 Å². The SMILES string of the molecule is Cl.Fc1ccccc1COC1CC2CCC(C1)N2.OCCCN1C2CCC1CC(OCc1ccccc1F)C2. The van der Waals surface area contributed by atoms with Gasteiger partial charge in [0.05, 0.1) is 25.4 Å². The van der Waals surface area contributed by atoms with Gasteiger partial charge >= 0.3 is 0 Å². The molecule has 2 N–H and O–H groups in total. The maximum atomic E-state index is 13.6. The Balaban J connectivity index is 0.000000180. The van der Waals surface area contributed by atoms with Gasteiger partial charge in [-0.3, -0.25) is 4.90 Å². The van der Waals surface area contributed by atoms with Crippen LogP contribution in [0.25, 0.3) is 0 Å². The molecule has 39 heavy (non-hydrogen) atoms. The van der Waals surface area contributed by atoms with E-state index in [1.54, 1.807) is 24.3 Å². The van der Waals surface area contributed by atoms with Crippen LogP contribution in [0.3, 0.4) is 0 Å². The van der Waals surface area contributed by atoms with E-state index in [9.17, 15) is 8.78 Å². The molecule has 2 aromatic carbocycles. The topological polar surface area (TPSA) is 54.0 Å². The standard InChI is InChI=1S/C17H24FNO2.C14H18FNO.ClH/c18-17-5-2-1-4-13(17)12-21-16-10-14-6-7-15(11-16)19(14)8-3-9-20;15-14-4-2-1-3-10(14)9-17-13-7-11-5-6-12(8-13)16-11;/h1-2,4-5,14-16,20H,3,6-12H2;1-4,11-13,16H,5-9H2;1H. The first kappa shape index (κ1) is 30.4. The maximum Gasteiger partial charge on any atom is 0.128 e. The Morgan fingerprint density at radius 2 is 1.23 bits per heavy atom. The molecule has 4 atom stereocenters. The number of piperidine rings is 2. The molecule has 4 fully saturated rings. The van der Waals surface area contributed by atoms with Crippen LogP contribution in [0.5, 0.6) is 0 Å². The molecular formula is C31H43ClF2N2O3. The number of aliphatic hydroxyl groups is 1. The first-order valence-corrected chi connectivity index (χ1v) is 14.4. The normalized spacial score (nSPS) is 29.4. The number of aliphatic hydroxyl groups excluding tert-OH is 1. The highest BCUT2D eigenvalue weighted by Gasteiger charge is 2.40. The summed E-state index contributed by atoms with van der Waals surface area (Å²) in [5.74, 6) is -0.342. The average molecular weight is 565 g/mol. The lowest BCUT2D eigenvalue weighted by Gasteiger charge is -2.38. The van der Waals surface area contributed by atoms with Gasteiger partial charge in [0.2, 0.25) is 0 Å². The van der Waals surface area contributed by atoms with Crippen molar-refractivity contribution in [1.82, 2.24) is 10.2 Å². The second kappa shape index (κ2) is 14.9. The fraction of sp³-hybridized carbons (Fsp3) is 0.613. The summed E-state index contributed by atoms with van der Waals surface area (Å²) in [6.07, 6.45) is 10.6. The van der Waals surface area contributed by atoms with Gasteiger partial charge in [0.1, 0.15) is 11.6 Å². The van der Waals surface area contributed by atoms with Gasteiger partial charge in [-0.15, -0.1) is 12.4 Å². The molecule has 0 saturated carbocycles. The minimum atomic E-state index is -0.180. The van der Waals surface area contributed by atoms with E-state index in [1.807, 2.05) is 12.1 Å². The minimum absolute atomic E-state index is 0. The smallest absolute Gasteiger partial charge is 0.128 e. The molecule has 216 valence electrons. The molecule has 0 amide bonds. The van der Waals surface area contributed by atoms with E-state index in [4.69, 9.17) is 14.6 Å². The van der Waals surface area contributed by atoms with E-state index in [2.05, 4.69) is 10.2 Å². The van der Waals surface area contributed by atoms with E-state index >= 15 is 0 Å². The van der Waals surface area contributed by atoms with Crippen LogP contribution >= 0.6 is 12.4 Å².